The van der Waals surface area contributed by atoms with E-state index >= 15 is 0 Å². The third-order valence-electron chi connectivity index (χ3n) is 5.69. The Balaban J connectivity index is 1.63. The van der Waals surface area contributed by atoms with Gasteiger partial charge in [0.1, 0.15) is 11.6 Å². The summed E-state index contributed by atoms with van der Waals surface area (Å²) in [5, 5.41) is 2.41. The van der Waals surface area contributed by atoms with Crippen LogP contribution >= 0.6 is 0 Å². The molecule has 0 aromatic heterocycles. The number of ether oxygens (including phenoxy) is 2. The molecule has 0 saturated carbocycles. The molecule has 2 fully saturated rings. The molecule has 0 aliphatic carbocycles. The molecule has 2 aliphatic heterocycles. The van der Waals surface area contributed by atoms with E-state index < -0.39 is 11.7 Å². The average Bonchev–Trinajstić information content (AvgIpc) is 3.05. The van der Waals surface area contributed by atoms with Gasteiger partial charge in [0.15, 0.2) is 0 Å². The Bertz CT molecular complexity index is 950. The molecule has 0 spiro atoms. The number of nitrogens with one attached hydrogen (secondary N) is 1. The standard InChI is InChI=1S/C22H24FN3O4/c1-24-21(27)17-8-5-15(11-18(17)23)26-20-13-30-10-9-19(20)25(22(26)28)12-14-3-6-16(29-2)7-4-14/h3-8,11,19-20H,9-10,12-13H2,1-2H3,(H,24,27)/t19-,20-/m0/s1. The largest absolute Gasteiger partial charge is 0.497 e. The Morgan fingerprint density at radius 1 is 1.23 bits per heavy atom. The van der Waals surface area contributed by atoms with Crippen LogP contribution in [0.4, 0.5) is 14.9 Å². The monoisotopic (exact) mass is 413 g/mol. The van der Waals surface area contributed by atoms with Crippen molar-refractivity contribution in [2.45, 2.75) is 25.0 Å². The minimum atomic E-state index is -0.665. The normalized spacial score (nSPS) is 20.8. The number of rotatable bonds is 5. The highest BCUT2D eigenvalue weighted by Crippen LogP contribution is 2.35. The first-order chi connectivity index (χ1) is 14.5. The zero-order chi connectivity index (χ0) is 21.3. The van der Waals surface area contributed by atoms with Crippen molar-refractivity contribution in [3.05, 3.63) is 59.4 Å². The van der Waals surface area contributed by atoms with E-state index in [4.69, 9.17) is 9.47 Å². The fraction of sp³-hybridized carbons (Fsp3) is 0.364. The summed E-state index contributed by atoms with van der Waals surface area (Å²) in [7, 11) is 3.05. The summed E-state index contributed by atoms with van der Waals surface area (Å²) in [6, 6.07) is 11.4. The molecule has 30 heavy (non-hydrogen) atoms. The Kier molecular flexibility index (Phi) is 5.59. The van der Waals surface area contributed by atoms with Crippen molar-refractivity contribution in [1.29, 1.82) is 0 Å². The lowest BCUT2D eigenvalue weighted by Crippen LogP contribution is -2.45. The lowest BCUT2D eigenvalue weighted by atomic mass is 10.0. The molecule has 2 atom stereocenters. The average molecular weight is 413 g/mol. The second-order valence-electron chi connectivity index (χ2n) is 7.37. The molecule has 1 N–H and O–H groups in total. The number of carbonyl (C=O) groups is 2. The van der Waals surface area contributed by atoms with E-state index in [2.05, 4.69) is 5.32 Å². The van der Waals surface area contributed by atoms with E-state index in [1.807, 2.05) is 29.2 Å². The first kappa shape index (κ1) is 20.2. The maximum atomic E-state index is 14.6. The van der Waals surface area contributed by atoms with Crippen LogP contribution in [0.2, 0.25) is 0 Å². The number of benzene rings is 2. The van der Waals surface area contributed by atoms with Crippen molar-refractivity contribution in [2.75, 3.05) is 32.3 Å². The van der Waals surface area contributed by atoms with Gasteiger partial charge >= 0.3 is 6.03 Å². The molecule has 0 unspecified atom stereocenters. The smallest absolute Gasteiger partial charge is 0.325 e. The fourth-order valence-electron chi connectivity index (χ4n) is 4.13. The SMILES string of the molecule is CNC(=O)c1ccc(N2C(=O)N(Cc3ccc(OC)cc3)[C@H]3CCOC[C@@H]32)cc1F. The van der Waals surface area contributed by atoms with Crippen LogP contribution in [-0.4, -0.2) is 56.3 Å². The summed E-state index contributed by atoms with van der Waals surface area (Å²) in [4.78, 5) is 28.6. The van der Waals surface area contributed by atoms with Crippen molar-refractivity contribution in [1.82, 2.24) is 10.2 Å². The first-order valence-electron chi connectivity index (χ1n) is 9.85. The van der Waals surface area contributed by atoms with Crippen molar-refractivity contribution in [3.8, 4) is 5.75 Å². The van der Waals surface area contributed by atoms with Gasteiger partial charge in [0.25, 0.3) is 5.91 Å². The summed E-state index contributed by atoms with van der Waals surface area (Å²) in [6.07, 6.45) is 0.710. The molecule has 0 radical (unpaired) electrons. The summed E-state index contributed by atoms with van der Waals surface area (Å²) in [5.74, 6) is -0.419. The van der Waals surface area contributed by atoms with Crippen LogP contribution in [0.5, 0.6) is 5.75 Å². The van der Waals surface area contributed by atoms with E-state index in [0.29, 0.717) is 31.9 Å². The zero-order valence-electron chi connectivity index (χ0n) is 16.9. The van der Waals surface area contributed by atoms with E-state index in [9.17, 15) is 14.0 Å². The number of halogens is 1. The highest BCUT2D eigenvalue weighted by molar-refractivity contribution is 5.98. The summed E-state index contributed by atoms with van der Waals surface area (Å²) < 4.78 is 25.4. The topological polar surface area (TPSA) is 71.1 Å². The van der Waals surface area contributed by atoms with Crippen molar-refractivity contribution in [2.24, 2.45) is 0 Å². The van der Waals surface area contributed by atoms with E-state index in [-0.39, 0.29) is 23.7 Å². The number of hydrogen-bond acceptors (Lipinski definition) is 4. The highest BCUT2D eigenvalue weighted by atomic mass is 19.1. The summed E-state index contributed by atoms with van der Waals surface area (Å²) in [5.41, 5.74) is 1.35. The molecular formula is C22H24FN3O4. The van der Waals surface area contributed by atoms with Gasteiger partial charge in [-0.2, -0.15) is 0 Å². The quantitative estimate of drug-likeness (QED) is 0.818. The van der Waals surface area contributed by atoms with Crippen molar-refractivity contribution >= 4 is 17.6 Å². The maximum absolute atomic E-state index is 14.6. The number of anilines is 1. The number of amides is 3. The van der Waals surface area contributed by atoms with Crippen LogP contribution in [0.15, 0.2) is 42.5 Å². The van der Waals surface area contributed by atoms with Gasteiger partial charge in [-0.25, -0.2) is 9.18 Å². The van der Waals surface area contributed by atoms with Gasteiger partial charge in [0, 0.05) is 25.9 Å². The number of carbonyl (C=O) groups excluding carboxylic acids is 2. The molecule has 4 rings (SSSR count). The molecule has 7 nitrogen and oxygen atoms in total. The number of hydrogen-bond donors (Lipinski definition) is 1. The molecule has 0 bridgehead atoms. The van der Waals surface area contributed by atoms with Crippen LogP contribution in [0.3, 0.4) is 0 Å². The number of urea groups is 1. The van der Waals surface area contributed by atoms with Gasteiger partial charge in [-0.05, 0) is 42.3 Å². The third kappa shape index (κ3) is 3.59. The third-order valence-corrected chi connectivity index (χ3v) is 5.69. The molecule has 158 valence electrons. The highest BCUT2D eigenvalue weighted by Gasteiger charge is 2.47. The second-order valence-corrected chi connectivity index (χ2v) is 7.37. The fourth-order valence-corrected chi connectivity index (χ4v) is 4.13. The van der Waals surface area contributed by atoms with Gasteiger partial charge in [-0.1, -0.05) is 12.1 Å². The molecule has 8 heteroatoms. The Labute approximate surface area is 174 Å². The summed E-state index contributed by atoms with van der Waals surface area (Å²) in [6.45, 7) is 1.40. The minimum absolute atomic E-state index is 0.0324. The van der Waals surface area contributed by atoms with E-state index in [0.717, 1.165) is 11.3 Å². The molecular weight excluding hydrogens is 389 g/mol. The Hall–Kier alpha value is -3.13. The van der Waals surface area contributed by atoms with E-state index in [1.54, 1.807) is 18.1 Å². The first-order valence-corrected chi connectivity index (χ1v) is 9.85. The molecule has 2 heterocycles. The molecule has 3 amide bonds. The molecule has 2 aromatic rings. The predicted molar refractivity (Wildman–Crippen MR) is 109 cm³/mol. The van der Waals surface area contributed by atoms with Crippen molar-refractivity contribution < 1.29 is 23.5 Å². The van der Waals surface area contributed by atoms with Gasteiger partial charge in [0.05, 0.1) is 31.4 Å². The second kappa shape index (κ2) is 8.31. The maximum Gasteiger partial charge on any atom is 0.325 e. The van der Waals surface area contributed by atoms with Gasteiger partial charge in [-0.3, -0.25) is 9.69 Å². The van der Waals surface area contributed by atoms with Crippen LogP contribution in [0.1, 0.15) is 22.3 Å². The Morgan fingerprint density at radius 3 is 2.67 bits per heavy atom. The number of nitrogens with zero attached hydrogens (tertiary/aromatic N) is 2. The molecule has 2 saturated heterocycles. The zero-order valence-corrected chi connectivity index (χ0v) is 16.9. The van der Waals surface area contributed by atoms with E-state index in [1.165, 1.54) is 19.2 Å². The van der Waals surface area contributed by atoms with Crippen LogP contribution in [-0.2, 0) is 11.3 Å². The summed E-state index contributed by atoms with van der Waals surface area (Å²) >= 11 is 0. The molecule has 2 aliphatic rings. The molecule has 2 aromatic carbocycles. The van der Waals surface area contributed by atoms with Crippen LogP contribution in [0.25, 0.3) is 0 Å². The van der Waals surface area contributed by atoms with Gasteiger partial charge < -0.3 is 19.7 Å². The predicted octanol–water partition coefficient (Wildman–Crippen LogP) is 2.79. The van der Waals surface area contributed by atoms with Gasteiger partial charge in [-0.15, -0.1) is 0 Å². The number of methoxy groups -OCH3 is 1. The van der Waals surface area contributed by atoms with Crippen LogP contribution < -0.4 is 15.0 Å². The lowest BCUT2D eigenvalue weighted by molar-refractivity contribution is 0.0493. The number of fused-ring (bicyclic) bond motifs is 1. The van der Waals surface area contributed by atoms with Gasteiger partial charge in [0.2, 0.25) is 0 Å². The lowest BCUT2D eigenvalue weighted by Gasteiger charge is -2.31. The van der Waals surface area contributed by atoms with Crippen LogP contribution in [0, 0.1) is 5.82 Å². The Morgan fingerprint density at radius 2 is 2.00 bits per heavy atom. The van der Waals surface area contributed by atoms with Crippen molar-refractivity contribution in [3.63, 3.8) is 0 Å². The minimum Gasteiger partial charge on any atom is -0.497 e.